The first-order valence-electron chi connectivity index (χ1n) is 5.78. The molecule has 0 saturated carbocycles. The monoisotopic (exact) mass is 265 g/mol. The fourth-order valence-corrected chi connectivity index (χ4v) is 3.85. The standard InChI is InChI=1S/C12H15N3O2S/c13-7-9-6-10(3-4-12(9)14)15-8-11-2-1-5-18(11,16)17/h3-4,6,11,15H,1-2,5,8,14H2. The third-order valence-electron chi connectivity index (χ3n) is 3.17. The van der Waals surface area contributed by atoms with Crippen molar-refractivity contribution in [2.45, 2.75) is 18.1 Å². The molecular weight excluding hydrogens is 250 g/mol. The molecular formula is C12H15N3O2S. The van der Waals surface area contributed by atoms with Crippen molar-refractivity contribution >= 4 is 21.2 Å². The van der Waals surface area contributed by atoms with E-state index >= 15 is 0 Å². The van der Waals surface area contributed by atoms with E-state index in [1.165, 1.54) is 0 Å². The average molecular weight is 265 g/mol. The van der Waals surface area contributed by atoms with Gasteiger partial charge in [-0.25, -0.2) is 8.42 Å². The van der Waals surface area contributed by atoms with Crippen molar-refractivity contribution < 1.29 is 8.42 Å². The van der Waals surface area contributed by atoms with E-state index in [1.807, 2.05) is 6.07 Å². The molecule has 0 spiro atoms. The van der Waals surface area contributed by atoms with Crippen molar-refractivity contribution in [2.24, 2.45) is 0 Å². The van der Waals surface area contributed by atoms with Crippen LogP contribution < -0.4 is 11.1 Å². The molecule has 1 atom stereocenters. The van der Waals surface area contributed by atoms with Crippen LogP contribution in [0.1, 0.15) is 18.4 Å². The first-order chi connectivity index (χ1) is 8.53. The SMILES string of the molecule is N#Cc1cc(NCC2CCCS2(=O)=O)ccc1N. The Morgan fingerprint density at radius 1 is 1.50 bits per heavy atom. The zero-order chi connectivity index (χ0) is 13.2. The topological polar surface area (TPSA) is 96.0 Å². The second-order valence-electron chi connectivity index (χ2n) is 4.43. The number of benzene rings is 1. The van der Waals surface area contributed by atoms with Crippen molar-refractivity contribution in [1.29, 1.82) is 5.26 Å². The predicted molar refractivity (Wildman–Crippen MR) is 70.9 cm³/mol. The zero-order valence-corrected chi connectivity index (χ0v) is 10.7. The second kappa shape index (κ2) is 4.86. The first-order valence-corrected chi connectivity index (χ1v) is 7.49. The van der Waals surface area contributed by atoms with E-state index in [9.17, 15) is 8.42 Å². The van der Waals surface area contributed by atoms with Crippen molar-refractivity contribution in [2.75, 3.05) is 23.3 Å². The van der Waals surface area contributed by atoms with Crippen LogP contribution in [0.25, 0.3) is 0 Å². The number of sulfone groups is 1. The molecule has 1 heterocycles. The number of nitrogens with one attached hydrogen (secondary N) is 1. The summed E-state index contributed by atoms with van der Waals surface area (Å²) in [6.07, 6.45) is 1.44. The first kappa shape index (κ1) is 12.7. The van der Waals surface area contributed by atoms with E-state index in [0.29, 0.717) is 24.2 Å². The van der Waals surface area contributed by atoms with Crippen LogP contribution in [0.15, 0.2) is 18.2 Å². The lowest BCUT2D eigenvalue weighted by Crippen LogP contribution is -2.25. The molecule has 96 valence electrons. The molecule has 1 aromatic rings. The van der Waals surface area contributed by atoms with Crippen LogP contribution in [-0.2, 0) is 9.84 Å². The van der Waals surface area contributed by atoms with Gasteiger partial charge in [-0.1, -0.05) is 0 Å². The fourth-order valence-electron chi connectivity index (χ4n) is 2.08. The summed E-state index contributed by atoms with van der Waals surface area (Å²) in [6, 6.07) is 7.02. The lowest BCUT2D eigenvalue weighted by atomic mass is 10.1. The van der Waals surface area contributed by atoms with Crippen molar-refractivity contribution in [1.82, 2.24) is 0 Å². The van der Waals surface area contributed by atoms with Gasteiger partial charge in [0.05, 0.1) is 16.6 Å². The summed E-state index contributed by atoms with van der Waals surface area (Å²) < 4.78 is 23.3. The van der Waals surface area contributed by atoms with Gasteiger partial charge in [-0.05, 0) is 31.0 Å². The number of anilines is 2. The number of nitrogens with zero attached hydrogens (tertiary/aromatic N) is 1. The third-order valence-corrected chi connectivity index (χ3v) is 5.45. The maximum atomic E-state index is 11.6. The summed E-state index contributed by atoms with van der Waals surface area (Å²) in [6.45, 7) is 0.386. The predicted octanol–water partition coefficient (Wildman–Crippen LogP) is 1.13. The Morgan fingerprint density at radius 2 is 2.28 bits per heavy atom. The molecule has 0 amide bonds. The molecule has 1 unspecified atom stereocenters. The third kappa shape index (κ3) is 2.57. The van der Waals surface area contributed by atoms with Gasteiger partial charge >= 0.3 is 0 Å². The van der Waals surface area contributed by atoms with Gasteiger partial charge in [0, 0.05) is 17.9 Å². The van der Waals surface area contributed by atoms with Gasteiger partial charge in [-0.2, -0.15) is 5.26 Å². The lowest BCUT2D eigenvalue weighted by Gasteiger charge is -2.12. The highest BCUT2D eigenvalue weighted by atomic mass is 32.2. The molecule has 0 aromatic heterocycles. The van der Waals surface area contributed by atoms with Crippen LogP contribution in [0.2, 0.25) is 0 Å². The Balaban J connectivity index is 2.05. The summed E-state index contributed by atoms with van der Waals surface area (Å²) in [5.74, 6) is 0.282. The molecule has 5 nitrogen and oxygen atoms in total. The van der Waals surface area contributed by atoms with Crippen molar-refractivity contribution in [3.05, 3.63) is 23.8 Å². The largest absolute Gasteiger partial charge is 0.398 e. The molecule has 1 aliphatic rings. The van der Waals surface area contributed by atoms with Crippen LogP contribution in [0.5, 0.6) is 0 Å². The van der Waals surface area contributed by atoms with Crippen LogP contribution in [-0.4, -0.2) is 26.0 Å². The Labute approximate surface area is 107 Å². The Kier molecular flexibility index (Phi) is 3.43. The van der Waals surface area contributed by atoms with Crippen LogP contribution in [0.3, 0.4) is 0 Å². The zero-order valence-electron chi connectivity index (χ0n) is 9.89. The van der Waals surface area contributed by atoms with Gasteiger partial charge in [0.25, 0.3) is 0 Å². The summed E-state index contributed by atoms with van der Waals surface area (Å²) in [5.41, 5.74) is 7.16. The highest BCUT2D eigenvalue weighted by molar-refractivity contribution is 7.92. The van der Waals surface area contributed by atoms with Gasteiger partial charge in [0.2, 0.25) is 0 Å². The average Bonchev–Trinajstić information content (AvgIpc) is 2.67. The highest BCUT2D eigenvalue weighted by Crippen LogP contribution is 2.22. The number of nitriles is 1. The lowest BCUT2D eigenvalue weighted by molar-refractivity contribution is 0.591. The number of hydrogen-bond acceptors (Lipinski definition) is 5. The van der Waals surface area contributed by atoms with E-state index < -0.39 is 9.84 Å². The minimum atomic E-state index is -2.93. The quantitative estimate of drug-likeness (QED) is 0.799. The van der Waals surface area contributed by atoms with E-state index in [1.54, 1.807) is 18.2 Å². The second-order valence-corrected chi connectivity index (χ2v) is 6.83. The Hall–Kier alpha value is -1.74. The molecule has 3 N–H and O–H groups in total. The van der Waals surface area contributed by atoms with Gasteiger partial charge in [0.1, 0.15) is 6.07 Å². The minimum absolute atomic E-state index is 0.282. The molecule has 1 saturated heterocycles. The van der Waals surface area contributed by atoms with Crippen molar-refractivity contribution in [3.63, 3.8) is 0 Å². The Morgan fingerprint density at radius 3 is 2.89 bits per heavy atom. The van der Waals surface area contributed by atoms with Gasteiger partial charge in [0.15, 0.2) is 9.84 Å². The molecule has 1 aromatic carbocycles. The molecule has 0 bridgehead atoms. The van der Waals surface area contributed by atoms with E-state index in [4.69, 9.17) is 11.0 Å². The van der Waals surface area contributed by atoms with Crippen LogP contribution in [0, 0.1) is 11.3 Å². The number of nitrogens with two attached hydrogens (primary N) is 1. The molecule has 6 heteroatoms. The summed E-state index contributed by atoms with van der Waals surface area (Å²) in [4.78, 5) is 0. The minimum Gasteiger partial charge on any atom is -0.398 e. The molecule has 2 rings (SSSR count). The van der Waals surface area contributed by atoms with Gasteiger partial charge < -0.3 is 11.1 Å². The Bertz CT molecular complexity index is 590. The molecule has 0 radical (unpaired) electrons. The summed E-state index contributed by atoms with van der Waals surface area (Å²) in [5, 5.41) is 11.6. The molecule has 0 aliphatic carbocycles. The number of rotatable bonds is 3. The highest BCUT2D eigenvalue weighted by Gasteiger charge is 2.30. The molecule has 18 heavy (non-hydrogen) atoms. The number of nitrogen functional groups attached to an aromatic ring is 1. The van der Waals surface area contributed by atoms with E-state index in [-0.39, 0.29) is 11.0 Å². The fraction of sp³-hybridized carbons (Fsp3) is 0.417. The van der Waals surface area contributed by atoms with Gasteiger partial charge in [-0.3, -0.25) is 0 Å². The van der Waals surface area contributed by atoms with E-state index in [0.717, 1.165) is 12.1 Å². The maximum Gasteiger partial charge on any atom is 0.154 e. The normalized spacial score (nSPS) is 21.4. The summed E-state index contributed by atoms with van der Waals surface area (Å²) >= 11 is 0. The summed E-state index contributed by atoms with van der Waals surface area (Å²) in [7, 11) is -2.93. The molecule has 1 aliphatic heterocycles. The number of hydrogen-bond donors (Lipinski definition) is 2. The smallest absolute Gasteiger partial charge is 0.154 e. The van der Waals surface area contributed by atoms with Crippen molar-refractivity contribution in [3.8, 4) is 6.07 Å². The maximum absolute atomic E-state index is 11.6. The van der Waals surface area contributed by atoms with E-state index in [2.05, 4.69) is 5.32 Å². The van der Waals surface area contributed by atoms with Crippen LogP contribution in [0.4, 0.5) is 11.4 Å². The van der Waals surface area contributed by atoms with Crippen LogP contribution >= 0.6 is 0 Å². The van der Waals surface area contributed by atoms with Gasteiger partial charge in [-0.15, -0.1) is 0 Å². The molecule has 1 fully saturated rings.